The van der Waals surface area contributed by atoms with E-state index in [1.165, 1.54) is 48.5 Å². The zero-order valence-corrected chi connectivity index (χ0v) is 12.5. The lowest BCUT2D eigenvalue weighted by Crippen LogP contribution is -2.35. The highest BCUT2D eigenvalue weighted by Gasteiger charge is 2.21. The lowest BCUT2D eigenvalue weighted by atomic mass is 10.1. The Labute approximate surface area is 119 Å². The second kappa shape index (κ2) is 6.35. The van der Waals surface area contributed by atoms with E-state index in [1.807, 2.05) is 18.4 Å². The number of likely N-dealkylation sites (tertiary alicyclic amines) is 1. The largest absolute Gasteiger partial charge is 0.381 e. The molecule has 0 unspecified atom stereocenters. The average molecular weight is 280 g/mol. The molecule has 0 amide bonds. The number of thiophene rings is 1. The highest BCUT2D eigenvalue weighted by Crippen LogP contribution is 2.23. The summed E-state index contributed by atoms with van der Waals surface area (Å²) in [6, 6.07) is 5.40. The monoisotopic (exact) mass is 280 g/mol. The number of hydrogen-bond acceptors (Lipinski definition) is 4. The molecule has 0 spiro atoms. The molecule has 19 heavy (non-hydrogen) atoms. The van der Waals surface area contributed by atoms with Crippen molar-refractivity contribution in [1.29, 1.82) is 0 Å². The van der Waals surface area contributed by atoms with Gasteiger partial charge in [0, 0.05) is 49.1 Å². The molecule has 0 atom stereocenters. The molecule has 3 rings (SSSR count). The van der Waals surface area contributed by atoms with E-state index in [4.69, 9.17) is 4.74 Å². The molecule has 2 aliphatic rings. The molecule has 2 fully saturated rings. The summed E-state index contributed by atoms with van der Waals surface area (Å²) in [5, 5.41) is 3.58. The van der Waals surface area contributed by atoms with Gasteiger partial charge in [0.1, 0.15) is 0 Å². The molecule has 2 heterocycles. The van der Waals surface area contributed by atoms with E-state index in [-0.39, 0.29) is 0 Å². The highest BCUT2D eigenvalue weighted by atomic mass is 32.1. The van der Waals surface area contributed by atoms with Gasteiger partial charge in [-0.25, -0.2) is 0 Å². The fraction of sp³-hybridized carbons (Fsp3) is 0.733. The second-order valence-electron chi connectivity index (χ2n) is 5.73. The second-order valence-corrected chi connectivity index (χ2v) is 6.99. The maximum atomic E-state index is 5.42. The van der Waals surface area contributed by atoms with Gasteiger partial charge < -0.3 is 10.1 Å². The van der Waals surface area contributed by atoms with Crippen LogP contribution in [0.4, 0.5) is 0 Å². The molecule has 3 nitrogen and oxygen atoms in total. The summed E-state index contributed by atoms with van der Waals surface area (Å²) in [5.41, 5.74) is 0. The van der Waals surface area contributed by atoms with Crippen LogP contribution >= 0.6 is 11.3 Å². The van der Waals surface area contributed by atoms with Gasteiger partial charge in [0.2, 0.25) is 0 Å². The summed E-state index contributed by atoms with van der Waals surface area (Å²) in [6.45, 7) is 4.52. The van der Waals surface area contributed by atoms with Crippen LogP contribution in [-0.2, 0) is 17.8 Å². The van der Waals surface area contributed by atoms with Gasteiger partial charge in [-0.1, -0.05) is 0 Å². The molecule has 1 N–H and O–H groups in total. The van der Waals surface area contributed by atoms with E-state index in [0.29, 0.717) is 6.10 Å². The van der Waals surface area contributed by atoms with Gasteiger partial charge in [-0.2, -0.15) is 0 Å². The third kappa shape index (κ3) is 4.02. The Hall–Kier alpha value is -0.420. The van der Waals surface area contributed by atoms with Gasteiger partial charge in [0.05, 0.1) is 6.10 Å². The normalized spacial score (nSPS) is 21.9. The van der Waals surface area contributed by atoms with E-state index >= 15 is 0 Å². The molecule has 1 aliphatic heterocycles. The fourth-order valence-corrected chi connectivity index (χ4v) is 3.67. The molecule has 1 aromatic heterocycles. The Kier molecular flexibility index (Phi) is 4.53. The first-order valence-corrected chi connectivity index (χ1v) is 8.21. The Morgan fingerprint density at radius 3 is 2.63 bits per heavy atom. The fourth-order valence-electron chi connectivity index (χ4n) is 2.66. The standard InChI is InChI=1S/C15H24N2OS/c1-18-13-6-8-17(9-7-13)11-15-5-4-14(19-15)10-16-12-2-3-12/h4-5,12-13,16H,2-3,6-11H2,1H3. The molecule has 0 bridgehead atoms. The molecule has 106 valence electrons. The number of methoxy groups -OCH3 is 1. The van der Waals surface area contributed by atoms with Crippen LogP contribution in [0.5, 0.6) is 0 Å². The van der Waals surface area contributed by atoms with Crippen LogP contribution in [0, 0.1) is 0 Å². The van der Waals surface area contributed by atoms with Crippen LogP contribution in [0.1, 0.15) is 35.4 Å². The number of nitrogens with zero attached hydrogens (tertiary/aromatic N) is 1. The zero-order chi connectivity index (χ0) is 13.1. The summed E-state index contributed by atoms with van der Waals surface area (Å²) >= 11 is 1.97. The van der Waals surface area contributed by atoms with Crippen LogP contribution < -0.4 is 5.32 Å². The number of nitrogens with one attached hydrogen (secondary N) is 1. The minimum absolute atomic E-state index is 0.484. The van der Waals surface area contributed by atoms with Crippen molar-refractivity contribution in [3.05, 3.63) is 21.9 Å². The molecule has 1 saturated carbocycles. The summed E-state index contributed by atoms with van der Waals surface area (Å²) in [7, 11) is 1.83. The highest BCUT2D eigenvalue weighted by molar-refractivity contribution is 7.11. The van der Waals surface area contributed by atoms with E-state index in [0.717, 1.165) is 19.1 Å². The molecule has 1 aliphatic carbocycles. The van der Waals surface area contributed by atoms with Crippen molar-refractivity contribution >= 4 is 11.3 Å². The summed E-state index contributed by atoms with van der Waals surface area (Å²) in [5.74, 6) is 0. The Bertz CT molecular complexity index is 395. The van der Waals surface area contributed by atoms with Gasteiger partial charge in [0.15, 0.2) is 0 Å². The van der Waals surface area contributed by atoms with E-state index < -0.39 is 0 Å². The summed E-state index contributed by atoms with van der Waals surface area (Å²) < 4.78 is 5.42. The van der Waals surface area contributed by atoms with Crippen molar-refractivity contribution in [1.82, 2.24) is 10.2 Å². The molecular formula is C15H24N2OS. The first-order valence-electron chi connectivity index (χ1n) is 7.39. The van der Waals surface area contributed by atoms with Crippen LogP contribution in [0.15, 0.2) is 12.1 Å². The quantitative estimate of drug-likeness (QED) is 0.867. The maximum Gasteiger partial charge on any atom is 0.0595 e. The third-order valence-corrected chi connectivity index (χ3v) is 5.18. The molecule has 0 aromatic carbocycles. The van der Waals surface area contributed by atoms with Crippen molar-refractivity contribution in [3.8, 4) is 0 Å². The molecule has 1 aromatic rings. The van der Waals surface area contributed by atoms with Crippen molar-refractivity contribution in [3.63, 3.8) is 0 Å². The molecule has 0 radical (unpaired) electrons. The van der Waals surface area contributed by atoms with Gasteiger partial charge >= 0.3 is 0 Å². The number of piperidine rings is 1. The Morgan fingerprint density at radius 2 is 1.95 bits per heavy atom. The lowest BCUT2D eigenvalue weighted by Gasteiger charge is -2.30. The van der Waals surface area contributed by atoms with E-state index in [9.17, 15) is 0 Å². The van der Waals surface area contributed by atoms with Gasteiger partial charge in [-0.05, 0) is 37.8 Å². The van der Waals surface area contributed by atoms with Crippen molar-refractivity contribution in [2.45, 2.75) is 50.9 Å². The number of ether oxygens (including phenoxy) is 1. The number of hydrogen-bond donors (Lipinski definition) is 1. The first kappa shape index (κ1) is 13.6. The van der Waals surface area contributed by atoms with Gasteiger partial charge in [-0.3, -0.25) is 4.90 Å². The van der Waals surface area contributed by atoms with Crippen LogP contribution in [0.2, 0.25) is 0 Å². The van der Waals surface area contributed by atoms with E-state index in [2.05, 4.69) is 22.3 Å². The molecule has 1 saturated heterocycles. The Balaban J connectivity index is 1.44. The first-order chi connectivity index (χ1) is 9.33. The average Bonchev–Trinajstić information content (AvgIpc) is 3.17. The predicted octanol–water partition coefficient (Wildman–Crippen LogP) is 2.61. The van der Waals surface area contributed by atoms with Crippen molar-refractivity contribution in [2.24, 2.45) is 0 Å². The van der Waals surface area contributed by atoms with Gasteiger partial charge in [-0.15, -0.1) is 11.3 Å². The predicted molar refractivity (Wildman–Crippen MR) is 79.5 cm³/mol. The van der Waals surface area contributed by atoms with Gasteiger partial charge in [0.25, 0.3) is 0 Å². The molecule has 4 heteroatoms. The van der Waals surface area contributed by atoms with Crippen LogP contribution in [-0.4, -0.2) is 37.2 Å². The Morgan fingerprint density at radius 1 is 1.21 bits per heavy atom. The number of rotatable bonds is 6. The lowest BCUT2D eigenvalue weighted by molar-refractivity contribution is 0.0391. The SMILES string of the molecule is COC1CCN(Cc2ccc(CNC3CC3)s2)CC1. The zero-order valence-electron chi connectivity index (χ0n) is 11.7. The smallest absolute Gasteiger partial charge is 0.0595 e. The topological polar surface area (TPSA) is 24.5 Å². The minimum Gasteiger partial charge on any atom is -0.381 e. The summed E-state index contributed by atoms with van der Waals surface area (Å²) in [4.78, 5) is 5.54. The van der Waals surface area contributed by atoms with Crippen molar-refractivity contribution < 1.29 is 4.74 Å². The third-order valence-electron chi connectivity index (χ3n) is 4.11. The molecular weight excluding hydrogens is 256 g/mol. The minimum atomic E-state index is 0.484. The van der Waals surface area contributed by atoms with Crippen molar-refractivity contribution in [2.75, 3.05) is 20.2 Å². The van der Waals surface area contributed by atoms with Crippen LogP contribution in [0.3, 0.4) is 0 Å². The van der Waals surface area contributed by atoms with Crippen LogP contribution in [0.25, 0.3) is 0 Å². The maximum absolute atomic E-state index is 5.42. The van der Waals surface area contributed by atoms with E-state index in [1.54, 1.807) is 0 Å². The summed E-state index contributed by atoms with van der Waals surface area (Å²) in [6.07, 6.45) is 5.58.